The molecule has 0 aliphatic carbocycles. The molecule has 4 heteroatoms. The van der Waals surface area contributed by atoms with Gasteiger partial charge in [-0.05, 0) is 12.5 Å². The molecule has 90 valence electrons. The lowest BCUT2D eigenvalue weighted by Crippen LogP contribution is -1.96. The Morgan fingerprint density at radius 1 is 1.22 bits per heavy atom. The third-order valence-corrected chi connectivity index (χ3v) is 2.90. The van der Waals surface area contributed by atoms with E-state index in [9.17, 15) is 0 Å². The minimum Gasteiger partial charge on any atom is -0.481 e. The molecule has 18 heavy (non-hydrogen) atoms. The topological polar surface area (TPSA) is 39.4 Å². The van der Waals surface area contributed by atoms with Gasteiger partial charge in [0.1, 0.15) is 0 Å². The van der Waals surface area contributed by atoms with Gasteiger partial charge in [0.05, 0.1) is 13.3 Å². The summed E-state index contributed by atoms with van der Waals surface area (Å²) in [7, 11) is 1.63. The molecule has 1 aromatic carbocycles. The molecular formula is C14H13N3O. The molecule has 0 fully saturated rings. The molecule has 3 aromatic rings. The van der Waals surface area contributed by atoms with Gasteiger partial charge in [-0.3, -0.25) is 0 Å². The monoisotopic (exact) mass is 239 g/mol. The maximum absolute atomic E-state index is 5.26. The van der Waals surface area contributed by atoms with Crippen molar-refractivity contribution >= 4 is 5.65 Å². The lowest BCUT2D eigenvalue weighted by molar-refractivity contribution is 0.385. The average molecular weight is 239 g/mol. The largest absolute Gasteiger partial charge is 0.481 e. The van der Waals surface area contributed by atoms with Crippen LogP contribution in [-0.2, 0) is 0 Å². The number of ether oxygens (including phenoxy) is 1. The predicted octanol–water partition coefficient (Wildman–Crippen LogP) is 2.71. The van der Waals surface area contributed by atoms with Crippen LogP contribution in [0.2, 0.25) is 0 Å². The van der Waals surface area contributed by atoms with Crippen LogP contribution in [-0.4, -0.2) is 21.7 Å². The Hall–Kier alpha value is -2.36. The zero-order valence-electron chi connectivity index (χ0n) is 10.3. The highest BCUT2D eigenvalue weighted by Gasteiger charge is 2.10. The van der Waals surface area contributed by atoms with Crippen LogP contribution in [0.15, 0.2) is 42.7 Å². The highest BCUT2D eigenvalue weighted by molar-refractivity contribution is 5.77. The van der Waals surface area contributed by atoms with E-state index < -0.39 is 0 Å². The van der Waals surface area contributed by atoms with Gasteiger partial charge in [-0.1, -0.05) is 29.8 Å². The minimum absolute atomic E-state index is 0.680. The second kappa shape index (κ2) is 4.14. The fourth-order valence-corrected chi connectivity index (χ4v) is 2.04. The fraction of sp³-hybridized carbons (Fsp3) is 0.143. The van der Waals surface area contributed by atoms with Crippen LogP contribution in [0, 0.1) is 6.92 Å². The molecule has 0 atom stereocenters. The summed E-state index contributed by atoms with van der Waals surface area (Å²) in [6.07, 6.45) is 3.55. The lowest BCUT2D eigenvalue weighted by Gasteiger charge is -2.03. The SMILES string of the molecule is COc1ccnc2c(-c3cccc(C)c3)cnn12. The molecule has 0 spiro atoms. The summed E-state index contributed by atoms with van der Waals surface area (Å²) in [6.45, 7) is 2.07. The summed E-state index contributed by atoms with van der Waals surface area (Å²) in [5.74, 6) is 0.680. The number of benzene rings is 1. The smallest absolute Gasteiger partial charge is 0.217 e. The van der Waals surface area contributed by atoms with Crippen molar-refractivity contribution < 1.29 is 4.74 Å². The highest BCUT2D eigenvalue weighted by atomic mass is 16.5. The van der Waals surface area contributed by atoms with E-state index in [2.05, 4.69) is 35.2 Å². The molecule has 0 N–H and O–H groups in total. The van der Waals surface area contributed by atoms with E-state index in [1.807, 2.05) is 12.3 Å². The molecule has 0 unspecified atom stereocenters. The van der Waals surface area contributed by atoms with Gasteiger partial charge >= 0.3 is 0 Å². The number of rotatable bonds is 2. The molecule has 0 saturated heterocycles. The molecule has 3 rings (SSSR count). The summed E-state index contributed by atoms with van der Waals surface area (Å²) in [6, 6.07) is 10.1. The number of aryl methyl sites for hydroxylation is 1. The van der Waals surface area contributed by atoms with Crippen LogP contribution in [0.5, 0.6) is 5.88 Å². The first kappa shape index (κ1) is 10.8. The van der Waals surface area contributed by atoms with Crippen molar-refractivity contribution in [2.45, 2.75) is 6.92 Å². The third kappa shape index (κ3) is 1.62. The Labute approximate surface area is 105 Å². The average Bonchev–Trinajstić information content (AvgIpc) is 2.82. The Morgan fingerprint density at radius 3 is 2.89 bits per heavy atom. The normalized spacial score (nSPS) is 10.8. The first-order valence-electron chi connectivity index (χ1n) is 5.73. The van der Waals surface area contributed by atoms with Crippen molar-refractivity contribution in [2.24, 2.45) is 0 Å². The first-order chi connectivity index (χ1) is 8.79. The molecule has 0 radical (unpaired) electrons. The summed E-state index contributed by atoms with van der Waals surface area (Å²) in [5.41, 5.74) is 4.15. The summed E-state index contributed by atoms with van der Waals surface area (Å²) in [5, 5.41) is 4.32. The van der Waals surface area contributed by atoms with Crippen molar-refractivity contribution in [3.8, 4) is 17.0 Å². The molecule has 0 amide bonds. The van der Waals surface area contributed by atoms with Gasteiger partial charge in [0.15, 0.2) is 5.65 Å². The number of nitrogens with zero attached hydrogens (tertiary/aromatic N) is 3. The Bertz CT molecular complexity index is 703. The van der Waals surface area contributed by atoms with E-state index in [1.165, 1.54) is 5.56 Å². The predicted molar refractivity (Wildman–Crippen MR) is 69.7 cm³/mol. The van der Waals surface area contributed by atoms with Gasteiger partial charge in [0.2, 0.25) is 5.88 Å². The molecule has 0 aliphatic rings. The van der Waals surface area contributed by atoms with E-state index >= 15 is 0 Å². The molecule has 2 aromatic heterocycles. The van der Waals surface area contributed by atoms with Crippen LogP contribution in [0.1, 0.15) is 5.56 Å². The van der Waals surface area contributed by atoms with Crippen LogP contribution >= 0.6 is 0 Å². The van der Waals surface area contributed by atoms with Crippen molar-refractivity contribution in [1.82, 2.24) is 14.6 Å². The molecule has 0 bridgehead atoms. The quantitative estimate of drug-likeness (QED) is 0.690. The second-order valence-corrected chi connectivity index (χ2v) is 4.15. The molecule has 0 aliphatic heterocycles. The standard InChI is InChI=1S/C14H13N3O/c1-10-4-3-5-11(8-10)12-9-16-17-13(18-2)6-7-15-14(12)17/h3-9H,1-2H3. The van der Waals surface area contributed by atoms with Crippen LogP contribution in [0.4, 0.5) is 0 Å². The lowest BCUT2D eigenvalue weighted by atomic mass is 10.1. The number of aromatic nitrogens is 3. The summed E-state index contributed by atoms with van der Waals surface area (Å²) < 4.78 is 6.97. The first-order valence-corrected chi connectivity index (χ1v) is 5.73. The van der Waals surface area contributed by atoms with Gasteiger partial charge in [-0.2, -0.15) is 9.61 Å². The maximum atomic E-state index is 5.26. The van der Waals surface area contributed by atoms with Gasteiger partial charge in [-0.15, -0.1) is 0 Å². The molecule has 4 nitrogen and oxygen atoms in total. The van der Waals surface area contributed by atoms with E-state index in [1.54, 1.807) is 23.9 Å². The number of fused-ring (bicyclic) bond motifs is 1. The van der Waals surface area contributed by atoms with Crippen molar-refractivity contribution in [3.63, 3.8) is 0 Å². The minimum atomic E-state index is 0.680. The summed E-state index contributed by atoms with van der Waals surface area (Å²) >= 11 is 0. The van der Waals surface area contributed by atoms with Crippen LogP contribution in [0.3, 0.4) is 0 Å². The van der Waals surface area contributed by atoms with Crippen molar-refractivity contribution in [2.75, 3.05) is 7.11 Å². The number of methoxy groups -OCH3 is 1. The second-order valence-electron chi connectivity index (χ2n) is 4.15. The van der Waals surface area contributed by atoms with Crippen LogP contribution in [0.25, 0.3) is 16.8 Å². The van der Waals surface area contributed by atoms with Crippen molar-refractivity contribution in [3.05, 3.63) is 48.3 Å². The summed E-state index contributed by atoms with van der Waals surface area (Å²) in [4.78, 5) is 4.38. The molecule has 0 saturated carbocycles. The van der Waals surface area contributed by atoms with E-state index in [0.717, 1.165) is 16.8 Å². The van der Waals surface area contributed by atoms with Gasteiger partial charge in [0.25, 0.3) is 0 Å². The number of hydrogen-bond donors (Lipinski definition) is 0. The van der Waals surface area contributed by atoms with E-state index in [-0.39, 0.29) is 0 Å². The zero-order chi connectivity index (χ0) is 12.5. The van der Waals surface area contributed by atoms with Gasteiger partial charge in [0, 0.05) is 17.8 Å². The Balaban J connectivity index is 2.25. The van der Waals surface area contributed by atoms with Crippen molar-refractivity contribution in [1.29, 1.82) is 0 Å². The van der Waals surface area contributed by atoms with Gasteiger partial charge in [-0.25, -0.2) is 4.98 Å². The molecular weight excluding hydrogens is 226 g/mol. The number of hydrogen-bond acceptors (Lipinski definition) is 3. The Morgan fingerprint density at radius 2 is 2.11 bits per heavy atom. The zero-order valence-corrected chi connectivity index (χ0v) is 10.3. The maximum Gasteiger partial charge on any atom is 0.217 e. The highest BCUT2D eigenvalue weighted by Crippen LogP contribution is 2.25. The third-order valence-electron chi connectivity index (χ3n) is 2.90. The van der Waals surface area contributed by atoms with E-state index in [4.69, 9.17) is 4.74 Å². The van der Waals surface area contributed by atoms with Crippen LogP contribution < -0.4 is 4.74 Å². The van der Waals surface area contributed by atoms with Gasteiger partial charge < -0.3 is 4.74 Å². The fourth-order valence-electron chi connectivity index (χ4n) is 2.04. The molecule has 2 heterocycles. The van der Waals surface area contributed by atoms with E-state index in [0.29, 0.717) is 5.88 Å². The Kier molecular flexibility index (Phi) is 2.48.